The van der Waals surface area contributed by atoms with E-state index in [1.807, 2.05) is 18.2 Å². The molecule has 2 aromatic heterocycles. The van der Waals surface area contributed by atoms with E-state index in [0.29, 0.717) is 22.3 Å². The van der Waals surface area contributed by atoms with Crippen molar-refractivity contribution in [1.82, 2.24) is 20.1 Å². The smallest absolute Gasteiger partial charge is 0.264 e. The van der Waals surface area contributed by atoms with Gasteiger partial charge in [0, 0.05) is 24.2 Å². The van der Waals surface area contributed by atoms with Crippen molar-refractivity contribution in [2.24, 2.45) is 0 Å². The maximum Gasteiger partial charge on any atom is 0.264 e. The minimum Gasteiger partial charge on any atom is -0.332 e. The quantitative estimate of drug-likeness (QED) is 0.584. The van der Waals surface area contributed by atoms with Crippen LogP contribution in [0.15, 0.2) is 40.2 Å². The average molecular weight is 460 g/mol. The Balaban J connectivity index is 1.34. The van der Waals surface area contributed by atoms with Crippen LogP contribution < -0.4 is 5.32 Å². The number of hydrogen-bond acceptors (Lipinski definition) is 5. The van der Waals surface area contributed by atoms with Crippen molar-refractivity contribution < 1.29 is 9.59 Å². The van der Waals surface area contributed by atoms with Crippen LogP contribution in [-0.2, 0) is 4.79 Å². The number of halogens is 1. The molecule has 0 atom stereocenters. The van der Waals surface area contributed by atoms with E-state index >= 15 is 0 Å². The highest BCUT2D eigenvalue weighted by Gasteiger charge is 2.27. The zero-order valence-electron chi connectivity index (χ0n) is 15.1. The Morgan fingerprint density at radius 2 is 2.00 bits per heavy atom. The molecule has 4 rings (SSSR count). The molecular weight excluding hydrogens is 442 g/mol. The Hall–Kier alpha value is -2.52. The van der Waals surface area contributed by atoms with E-state index in [2.05, 4.69) is 36.4 Å². The minimum atomic E-state index is -0.256. The second-order valence-electron chi connectivity index (χ2n) is 6.71. The minimum absolute atomic E-state index is 0.0260. The van der Waals surface area contributed by atoms with E-state index in [1.165, 1.54) is 29.1 Å². The van der Waals surface area contributed by atoms with Gasteiger partial charge in [-0.05, 0) is 65.2 Å². The molecule has 0 aliphatic heterocycles. The summed E-state index contributed by atoms with van der Waals surface area (Å²) in [5, 5.41) is 10.1. The maximum atomic E-state index is 12.3. The Morgan fingerprint density at radius 3 is 2.64 bits per heavy atom. The number of aromatic amines is 1. The zero-order valence-corrected chi connectivity index (χ0v) is 17.5. The summed E-state index contributed by atoms with van der Waals surface area (Å²) in [4.78, 5) is 31.1. The molecule has 7 nitrogen and oxygen atoms in total. The third kappa shape index (κ3) is 4.31. The van der Waals surface area contributed by atoms with Gasteiger partial charge in [-0.3, -0.25) is 14.7 Å². The zero-order chi connectivity index (χ0) is 19.7. The number of carbonyl (C=O) groups excluding carboxylic acids is 2. The lowest BCUT2D eigenvalue weighted by molar-refractivity contribution is -0.116. The summed E-state index contributed by atoms with van der Waals surface area (Å²) in [5.41, 5.74) is 1.54. The van der Waals surface area contributed by atoms with Gasteiger partial charge in [0.05, 0.1) is 15.2 Å². The fourth-order valence-electron chi connectivity index (χ4n) is 2.75. The fourth-order valence-corrected chi connectivity index (χ4v) is 4.13. The molecule has 0 radical (unpaired) electrons. The SMILES string of the molecule is CN(CC(=O)Nc1ccc(-c2n[nH]c(C3CC3)n2)cc1)C(=O)c1ccc(Br)s1. The van der Waals surface area contributed by atoms with Crippen LogP contribution in [0.4, 0.5) is 5.69 Å². The van der Waals surface area contributed by atoms with Crippen LogP contribution in [0.2, 0.25) is 0 Å². The third-order valence-electron chi connectivity index (χ3n) is 4.41. The molecule has 1 aliphatic rings. The van der Waals surface area contributed by atoms with E-state index in [9.17, 15) is 9.59 Å². The summed E-state index contributed by atoms with van der Waals surface area (Å²) in [6.45, 7) is -0.0260. The molecule has 1 aromatic carbocycles. The summed E-state index contributed by atoms with van der Waals surface area (Å²) in [6.07, 6.45) is 2.33. The van der Waals surface area contributed by atoms with Gasteiger partial charge in [-0.15, -0.1) is 11.3 Å². The number of benzene rings is 1. The number of carbonyl (C=O) groups is 2. The van der Waals surface area contributed by atoms with Crippen LogP contribution in [0.25, 0.3) is 11.4 Å². The largest absolute Gasteiger partial charge is 0.332 e. The molecule has 2 heterocycles. The highest BCUT2D eigenvalue weighted by Crippen LogP contribution is 2.38. The van der Waals surface area contributed by atoms with Crippen molar-refractivity contribution in [3.63, 3.8) is 0 Å². The van der Waals surface area contributed by atoms with Gasteiger partial charge in [0.1, 0.15) is 5.82 Å². The molecule has 3 aromatic rings. The molecule has 9 heteroatoms. The van der Waals surface area contributed by atoms with E-state index in [0.717, 1.165) is 15.2 Å². The molecule has 1 aliphatic carbocycles. The topological polar surface area (TPSA) is 91.0 Å². The Labute approximate surface area is 174 Å². The number of aromatic nitrogens is 3. The number of likely N-dealkylation sites (N-methyl/N-ethyl adjacent to an activating group) is 1. The molecule has 0 spiro atoms. The van der Waals surface area contributed by atoms with Crippen LogP contribution in [-0.4, -0.2) is 45.5 Å². The molecular formula is C19H18BrN5O2S. The number of H-pyrrole nitrogens is 1. The van der Waals surface area contributed by atoms with Gasteiger partial charge in [-0.25, -0.2) is 4.98 Å². The van der Waals surface area contributed by atoms with Gasteiger partial charge in [0.2, 0.25) is 5.91 Å². The molecule has 1 saturated carbocycles. The number of hydrogen-bond donors (Lipinski definition) is 2. The summed E-state index contributed by atoms with van der Waals surface area (Å²) in [7, 11) is 1.61. The van der Waals surface area contributed by atoms with E-state index in [-0.39, 0.29) is 18.4 Å². The van der Waals surface area contributed by atoms with Crippen LogP contribution in [0.5, 0.6) is 0 Å². The molecule has 1 fully saturated rings. The first-order valence-electron chi connectivity index (χ1n) is 8.83. The van der Waals surface area contributed by atoms with Gasteiger partial charge in [-0.1, -0.05) is 0 Å². The van der Waals surface area contributed by atoms with Gasteiger partial charge in [-0.2, -0.15) is 5.10 Å². The first-order chi connectivity index (χ1) is 13.5. The van der Waals surface area contributed by atoms with Crippen LogP contribution in [0.3, 0.4) is 0 Å². The summed E-state index contributed by atoms with van der Waals surface area (Å²) < 4.78 is 0.879. The number of thiophene rings is 1. The number of amides is 2. The van der Waals surface area contributed by atoms with Crippen LogP contribution in [0, 0.1) is 0 Å². The molecule has 2 N–H and O–H groups in total. The molecule has 0 saturated heterocycles. The monoisotopic (exact) mass is 459 g/mol. The van der Waals surface area contributed by atoms with Gasteiger partial charge < -0.3 is 10.2 Å². The Kier molecular flexibility index (Phi) is 5.27. The number of rotatable bonds is 6. The Bertz CT molecular complexity index is 1010. The normalized spacial score (nSPS) is 13.4. The summed E-state index contributed by atoms with van der Waals surface area (Å²) >= 11 is 4.68. The van der Waals surface area contributed by atoms with Gasteiger partial charge in [0.25, 0.3) is 5.91 Å². The highest BCUT2D eigenvalue weighted by atomic mass is 79.9. The second kappa shape index (κ2) is 7.84. The predicted molar refractivity (Wildman–Crippen MR) is 111 cm³/mol. The highest BCUT2D eigenvalue weighted by molar-refractivity contribution is 9.11. The lowest BCUT2D eigenvalue weighted by Crippen LogP contribution is -2.34. The summed E-state index contributed by atoms with van der Waals surface area (Å²) in [6, 6.07) is 10.9. The molecule has 2 amide bonds. The molecule has 28 heavy (non-hydrogen) atoms. The third-order valence-corrected chi connectivity index (χ3v) is 6.02. The van der Waals surface area contributed by atoms with Crippen LogP contribution in [0.1, 0.15) is 34.3 Å². The lowest BCUT2D eigenvalue weighted by atomic mass is 10.2. The van der Waals surface area contributed by atoms with Crippen molar-refractivity contribution in [2.45, 2.75) is 18.8 Å². The number of nitrogens with zero attached hydrogens (tertiary/aromatic N) is 3. The second-order valence-corrected chi connectivity index (χ2v) is 9.17. The Morgan fingerprint density at radius 1 is 1.25 bits per heavy atom. The van der Waals surface area contributed by atoms with Crippen molar-refractivity contribution in [3.8, 4) is 11.4 Å². The molecule has 0 bridgehead atoms. The maximum absolute atomic E-state index is 12.3. The van der Waals surface area contributed by atoms with Crippen molar-refractivity contribution in [3.05, 3.63) is 50.9 Å². The predicted octanol–water partition coefficient (Wildman–Crippen LogP) is 3.88. The van der Waals surface area contributed by atoms with Crippen molar-refractivity contribution in [1.29, 1.82) is 0 Å². The molecule has 0 unspecified atom stereocenters. The van der Waals surface area contributed by atoms with Crippen LogP contribution >= 0.6 is 27.3 Å². The van der Waals surface area contributed by atoms with Gasteiger partial charge in [0.15, 0.2) is 5.82 Å². The van der Waals surface area contributed by atoms with Crippen molar-refractivity contribution in [2.75, 3.05) is 18.9 Å². The number of nitrogens with one attached hydrogen (secondary N) is 2. The van der Waals surface area contributed by atoms with Crippen molar-refractivity contribution >= 4 is 44.8 Å². The van der Waals surface area contributed by atoms with E-state index in [4.69, 9.17) is 0 Å². The summed E-state index contributed by atoms with van der Waals surface area (Å²) in [5.74, 6) is 1.69. The van der Waals surface area contributed by atoms with E-state index in [1.54, 1.807) is 25.2 Å². The average Bonchev–Trinajstić information content (AvgIpc) is 3.24. The first-order valence-corrected chi connectivity index (χ1v) is 10.4. The first kappa shape index (κ1) is 18.8. The fraction of sp³-hybridized carbons (Fsp3) is 0.263. The lowest BCUT2D eigenvalue weighted by Gasteiger charge is -2.16. The molecule has 144 valence electrons. The van der Waals surface area contributed by atoms with E-state index < -0.39 is 0 Å². The standard InChI is InChI=1S/C19H18BrN5O2S/c1-25(19(27)14-8-9-15(20)28-14)10-16(26)21-13-6-4-12(5-7-13)18-22-17(23-24-18)11-2-3-11/h4-9,11H,2-3,10H2,1H3,(H,21,26)(H,22,23,24). The van der Waals surface area contributed by atoms with Gasteiger partial charge >= 0.3 is 0 Å². The number of anilines is 1.